The average molecular weight is 413 g/mol. The largest absolute Gasteiger partial charge is 0.385 e. The Labute approximate surface area is 172 Å². The molecule has 0 unspecified atom stereocenters. The number of hydrogen-bond donors (Lipinski definition) is 0. The highest BCUT2D eigenvalue weighted by molar-refractivity contribution is 8.16. The lowest BCUT2D eigenvalue weighted by atomic mass is 10.0. The number of nitrogens with zero attached hydrogens (tertiary/aromatic N) is 2. The molecule has 6 heteroatoms. The molecular weight excluding hydrogens is 392 g/mol. The molecule has 0 aliphatic carbocycles. The van der Waals surface area contributed by atoms with Gasteiger partial charge in [-0.15, -0.1) is 11.3 Å². The second-order valence-corrected chi connectivity index (χ2v) is 9.09. The quantitative estimate of drug-likeness (QED) is 0.239. The van der Waals surface area contributed by atoms with Crippen molar-refractivity contribution in [2.24, 2.45) is 0 Å². The summed E-state index contributed by atoms with van der Waals surface area (Å²) >= 11 is 5.16. The predicted molar refractivity (Wildman–Crippen MR) is 117 cm³/mol. The Hall–Kier alpha value is -1.78. The SMILES string of the molecule is COCCCSCSc1nc(-c2cccs2)cc(-c2ccccc2)c1C#N. The lowest BCUT2D eigenvalue weighted by Crippen LogP contribution is -1.96. The summed E-state index contributed by atoms with van der Waals surface area (Å²) in [5, 5.41) is 13.6. The molecule has 2 heterocycles. The lowest BCUT2D eigenvalue weighted by molar-refractivity contribution is 0.200. The van der Waals surface area contributed by atoms with Crippen molar-refractivity contribution in [3.8, 4) is 27.8 Å². The summed E-state index contributed by atoms with van der Waals surface area (Å²) in [5.74, 6) is 1.04. The van der Waals surface area contributed by atoms with Gasteiger partial charge in [-0.1, -0.05) is 48.2 Å². The smallest absolute Gasteiger partial charge is 0.116 e. The van der Waals surface area contributed by atoms with Gasteiger partial charge in [-0.2, -0.15) is 17.0 Å². The maximum atomic E-state index is 9.83. The molecule has 0 fully saturated rings. The fraction of sp³-hybridized carbons (Fsp3) is 0.238. The minimum absolute atomic E-state index is 0.656. The van der Waals surface area contributed by atoms with Crippen LogP contribution in [-0.2, 0) is 4.74 Å². The van der Waals surface area contributed by atoms with Crippen LogP contribution in [0.5, 0.6) is 0 Å². The number of benzene rings is 1. The van der Waals surface area contributed by atoms with Gasteiger partial charge in [0.1, 0.15) is 11.1 Å². The number of ether oxygens (including phenoxy) is 1. The highest BCUT2D eigenvalue weighted by Gasteiger charge is 2.16. The van der Waals surface area contributed by atoms with Gasteiger partial charge in [0.2, 0.25) is 0 Å². The van der Waals surface area contributed by atoms with Crippen molar-refractivity contribution in [2.75, 3.05) is 24.6 Å². The molecule has 138 valence electrons. The van der Waals surface area contributed by atoms with Crippen LogP contribution >= 0.6 is 34.9 Å². The Kier molecular flexibility index (Phi) is 7.79. The van der Waals surface area contributed by atoms with Gasteiger partial charge in [0, 0.05) is 24.4 Å². The number of thiophene rings is 1. The molecule has 3 rings (SSSR count). The Balaban J connectivity index is 1.91. The normalized spacial score (nSPS) is 10.7. The zero-order valence-corrected chi connectivity index (χ0v) is 17.5. The van der Waals surface area contributed by atoms with Crippen LogP contribution in [0.4, 0.5) is 0 Å². The third-order valence-corrected chi connectivity index (χ3v) is 7.05. The molecule has 3 aromatic rings. The van der Waals surface area contributed by atoms with E-state index >= 15 is 0 Å². The minimum atomic E-state index is 0.656. The van der Waals surface area contributed by atoms with Crippen LogP contribution in [0.2, 0.25) is 0 Å². The van der Waals surface area contributed by atoms with Crippen LogP contribution in [0.1, 0.15) is 12.0 Å². The summed E-state index contributed by atoms with van der Waals surface area (Å²) in [7, 11) is 1.73. The summed E-state index contributed by atoms with van der Waals surface area (Å²) in [6.07, 6.45) is 1.03. The van der Waals surface area contributed by atoms with Crippen molar-refractivity contribution >= 4 is 34.9 Å². The van der Waals surface area contributed by atoms with Crippen LogP contribution in [0.3, 0.4) is 0 Å². The third-order valence-electron chi connectivity index (χ3n) is 3.87. The monoisotopic (exact) mass is 412 g/mol. The van der Waals surface area contributed by atoms with Gasteiger partial charge in [-0.25, -0.2) is 4.98 Å². The van der Waals surface area contributed by atoms with Gasteiger partial charge in [-0.05, 0) is 35.2 Å². The highest BCUT2D eigenvalue weighted by Crippen LogP contribution is 2.36. The molecule has 0 radical (unpaired) electrons. The van der Waals surface area contributed by atoms with E-state index in [4.69, 9.17) is 9.72 Å². The van der Waals surface area contributed by atoms with Crippen LogP contribution in [0.25, 0.3) is 21.7 Å². The fourth-order valence-corrected chi connectivity index (χ4v) is 5.31. The summed E-state index contributed by atoms with van der Waals surface area (Å²) < 4.78 is 5.09. The summed E-state index contributed by atoms with van der Waals surface area (Å²) in [6.45, 7) is 0.783. The number of rotatable bonds is 9. The van der Waals surface area contributed by atoms with Gasteiger partial charge in [0.05, 0.1) is 16.1 Å². The minimum Gasteiger partial charge on any atom is -0.385 e. The van der Waals surface area contributed by atoms with Crippen molar-refractivity contribution in [1.82, 2.24) is 4.98 Å². The van der Waals surface area contributed by atoms with Gasteiger partial charge in [0.25, 0.3) is 0 Å². The zero-order valence-electron chi connectivity index (χ0n) is 15.1. The maximum Gasteiger partial charge on any atom is 0.116 e. The van der Waals surface area contributed by atoms with E-state index < -0.39 is 0 Å². The number of pyridine rings is 1. The van der Waals surface area contributed by atoms with E-state index in [0.29, 0.717) is 5.56 Å². The first kappa shape index (κ1) is 20.0. The molecule has 3 nitrogen and oxygen atoms in total. The molecule has 1 aromatic carbocycles. The van der Waals surface area contributed by atoms with Crippen molar-refractivity contribution in [1.29, 1.82) is 5.26 Å². The molecular formula is C21H20N2OS3. The maximum absolute atomic E-state index is 9.83. The Bertz CT molecular complexity index is 890. The van der Waals surface area contributed by atoms with Crippen LogP contribution < -0.4 is 0 Å². The number of hydrogen-bond acceptors (Lipinski definition) is 6. The second-order valence-electron chi connectivity index (χ2n) is 5.71. The van der Waals surface area contributed by atoms with E-state index in [1.807, 2.05) is 54.2 Å². The lowest BCUT2D eigenvalue weighted by Gasteiger charge is -2.11. The van der Waals surface area contributed by atoms with Crippen molar-refractivity contribution in [3.05, 3.63) is 59.5 Å². The Morgan fingerprint density at radius 1 is 1.19 bits per heavy atom. The molecule has 0 saturated carbocycles. The van der Waals surface area contributed by atoms with Gasteiger partial charge >= 0.3 is 0 Å². The highest BCUT2D eigenvalue weighted by atomic mass is 32.2. The van der Waals surface area contributed by atoms with Crippen molar-refractivity contribution < 1.29 is 4.74 Å². The summed E-state index contributed by atoms with van der Waals surface area (Å²) in [6, 6.07) is 18.6. The van der Waals surface area contributed by atoms with Crippen LogP contribution in [0, 0.1) is 11.3 Å². The average Bonchev–Trinajstić information content (AvgIpc) is 3.25. The molecule has 0 bridgehead atoms. The molecule has 0 saturated heterocycles. The molecule has 0 N–H and O–H groups in total. The van der Waals surface area contributed by atoms with Crippen molar-refractivity contribution in [2.45, 2.75) is 11.4 Å². The zero-order chi connectivity index (χ0) is 18.9. The van der Waals surface area contributed by atoms with Crippen molar-refractivity contribution in [3.63, 3.8) is 0 Å². The standard InChI is InChI=1S/C21H20N2OS3/c1-24-10-6-11-25-15-27-21-18(14-22)17(16-7-3-2-4-8-16)13-19(23-21)20-9-5-12-26-20/h2-5,7-9,12-13H,6,10-11,15H2,1H3. The number of aromatic nitrogens is 1. The van der Waals surface area contributed by atoms with Gasteiger partial charge in [0.15, 0.2) is 0 Å². The van der Waals surface area contributed by atoms with E-state index in [-0.39, 0.29) is 0 Å². The number of thioether (sulfide) groups is 2. The summed E-state index contributed by atoms with van der Waals surface area (Å²) in [5.41, 5.74) is 3.57. The fourth-order valence-electron chi connectivity index (χ4n) is 2.59. The summed E-state index contributed by atoms with van der Waals surface area (Å²) in [4.78, 5) is 5.94. The van der Waals surface area contributed by atoms with E-state index in [1.165, 1.54) is 0 Å². The molecule has 0 aliphatic rings. The second kappa shape index (κ2) is 10.5. The van der Waals surface area contributed by atoms with Crippen LogP contribution in [-0.4, -0.2) is 29.5 Å². The Morgan fingerprint density at radius 3 is 2.74 bits per heavy atom. The third kappa shape index (κ3) is 5.36. The van der Waals surface area contributed by atoms with E-state index in [2.05, 4.69) is 17.5 Å². The van der Waals surface area contributed by atoms with E-state index in [9.17, 15) is 5.26 Å². The van der Waals surface area contributed by atoms with Crippen LogP contribution in [0.15, 0.2) is 58.9 Å². The topological polar surface area (TPSA) is 45.9 Å². The van der Waals surface area contributed by atoms with E-state index in [0.717, 1.165) is 50.6 Å². The number of nitriles is 1. The molecule has 0 atom stereocenters. The molecule has 27 heavy (non-hydrogen) atoms. The molecule has 0 amide bonds. The predicted octanol–water partition coefficient (Wildman–Crippen LogP) is 6.17. The molecule has 0 spiro atoms. The molecule has 0 aliphatic heterocycles. The van der Waals surface area contributed by atoms with Gasteiger partial charge < -0.3 is 4.74 Å². The molecule has 2 aromatic heterocycles. The Morgan fingerprint density at radius 2 is 2.04 bits per heavy atom. The number of methoxy groups -OCH3 is 1. The first-order valence-corrected chi connectivity index (χ1v) is 11.6. The van der Waals surface area contributed by atoms with E-state index in [1.54, 1.807) is 30.2 Å². The first-order valence-electron chi connectivity index (χ1n) is 8.57. The first-order chi connectivity index (χ1) is 13.3. The van der Waals surface area contributed by atoms with Gasteiger partial charge in [-0.3, -0.25) is 0 Å².